The van der Waals surface area contributed by atoms with E-state index in [0.29, 0.717) is 23.5 Å². The van der Waals surface area contributed by atoms with E-state index in [-0.39, 0.29) is 17.0 Å². The Balaban J connectivity index is 1.43. The fourth-order valence-corrected chi connectivity index (χ4v) is 5.34. The Morgan fingerprint density at radius 3 is 2.69 bits per heavy atom. The highest BCUT2D eigenvalue weighted by Gasteiger charge is 2.28. The molecular formula is C28H23FN2O3S. The number of nitrogens with zero attached hydrogens (tertiary/aromatic N) is 1. The monoisotopic (exact) mass is 486 g/mol. The van der Waals surface area contributed by atoms with E-state index < -0.39 is 11.7 Å². The first-order valence-electron chi connectivity index (χ1n) is 11.2. The third-order valence-electron chi connectivity index (χ3n) is 6.25. The lowest BCUT2D eigenvalue weighted by molar-refractivity contribution is 0.0983. The Labute approximate surface area is 206 Å². The van der Waals surface area contributed by atoms with Crippen molar-refractivity contribution in [2.24, 2.45) is 0 Å². The largest absolute Gasteiger partial charge is 0.496 e. The lowest BCUT2D eigenvalue weighted by atomic mass is 10.0. The molecule has 5 rings (SSSR count). The Hall–Kier alpha value is -3.97. The number of ether oxygens (including phenoxy) is 1. The summed E-state index contributed by atoms with van der Waals surface area (Å²) in [7, 11) is 1.49. The van der Waals surface area contributed by atoms with Gasteiger partial charge in [0.1, 0.15) is 11.6 Å². The van der Waals surface area contributed by atoms with Crippen LogP contribution in [-0.4, -0.2) is 25.5 Å². The Kier molecular flexibility index (Phi) is 6.09. The molecule has 1 aliphatic rings. The highest BCUT2D eigenvalue weighted by molar-refractivity contribution is 7.14. The molecule has 4 aromatic rings. The summed E-state index contributed by atoms with van der Waals surface area (Å²) in [6.45, 7) is 2.10. The molecular weight excluding hydrogens is 463 g/mol. The molecule has 2 heterocycles. The lowest BCUT2D eigenvalue weighted by Crippen LogP contribution is -2.32. The first-order chi connectivity index (χ1) is 17.0. The minimum absolute atomic E-state index is 0.173. The van der Waals surface area contributed by atoms with Crippen molar-refractivity contribution in [2.75, 3.05) is 23.9 Å². The molecule has 1 aromatic heterocycles. The normalized spacial score (nSPS) is 12.4. The number of benzene rings is 3. The molecule has 0 fully saturated rings. The van der Waals surface area contributed by atoms with Crippen molar-refractivity contribution in [3.8, 4) is 16.2 Å². The second kappa shape index (κ2) is 9.35. The lowest BCUT2D eigenvalue weighted by Gasteiger charge is -2.22. The van der Waals surface area contributed by atoms with Crippen molar-refractivity contribution < 1.29 is 18.7 Å². The summed E-state index contributed by atoms with van der Waals surface area (Å²) < 4.78 is 19.4. The molecule has 0 saturated heterocycles. The maximum absolute atomic E-state index is 13.9. The van der Waals surface area contributed by atoms with E-state index in [1.165, 1.54) is 24.8 Å². The number of nitrogens with one attached hydrogen (secondary N) is 1. The van der Waals surface area contributed by atoms with Crippen LogP contribution in [0.2, 0.25) is 0 Å². The molecule has 176 valence electrons. The van der Waals surface area contributed by atoms with Crippen LogP contribution in [0.1, 0.15) is 31.8 Å². The van der Waals surface area contributed by atoms with Gasteiger partial charge >= 0.3 is 0 Å². The highest BCUT2D eigenvalue weighted by Crippen LogP contribution is 2.41. The van der Waals surface area contributed by atoms with Gasteiger partial charge in [0, 0.05) is 23.9 Å². The van der Waals surface area contributed by atoms with E-state index in [9.17, 15) is 14.0 Å². The van der Waals surface area contributed by atoms with Crippen molar-refractivity contribution in [3.05, 3.63) is 100 Å². The molecule has 2 amide bonds. The number of halogens is 1. The number of thiophene rings is 1. The van der Waals surface area contributed by atoms with Crippen LogP contribution in [-0.2, 0) is 6.42 Å². The quantitative estimate of drug-likeness (QED) is 0.367. The molecule has 0 aliphatic carbocycles. The van der Waals surface area contributed by atoms with Crippen LogP contribution in [0.15, 0.2) is 72.1 Å². The average Bonchev–Trinajstić information content (AvgIpc) is 3.29. The number of anilines is 2. The zero-order valence-corrected chi connectivity index (χ0v) is 20.1. The molecule has 35 heavy (non-hydrogen) atoms. The van der Waals surface area contributed by atoms with Crippen LogP contribution in [0.25, 0.3) is 10.4 Å². The Morgan fingerprint density at radius 2 is 1.86 bits per heavy atom. The molecule has 0 spiro atoms. The number of methoxy groups -OCH3 is 1. The van der Waals surface area contributed by atoms with E-state index in [2.05, 4.69) is 17.4 Å². The predicted octanol–water partition coefficient (Wildman–Crippen LogP) is 6.33. The number of hydrogen-bond acceptors (Lipinski definition) is 4. The number of rotatable bonds is 4. The van der Waals surface area contributed by atoms with Crippen LogP contribution >= 0.6 is 11.3 Å². The number of carbonyl (C=O) groups excluding carboxylic acids is 2. The van der Waals surface area contributed by atoms with Gasteiger partial charge in [-0.05, 0) is 65.7 Å². The van der Waals surface area contributed by atoms with Crippen LogP contribution in [0.5, 0.6) is 5.75 Å². The molecule has 0 atom stereocenters. The second-order valence-corrected chi connectivity index (χ2v) is 9.20. The van der Waals surface area contributed by atoms with E-state index in [1.54, 1.807) is 47.4 Å². The number of hydrogen-bond donors (Lipinski definition) is 1. The molecule has 0 unspecified atom stereocenters. The SMILES string of the molecule is COc1cc(NC(=O)c2cccc(F)c2C)ccc1C(=O)N1CCc2ccccc2-c2sccc21. The minimum atomic E-state index is -0.441. The van der Waals surface area contributed by atoms with E-state index in [0.717, 1.165) is 22.5 Å². The molecule has 0 saturated carbocycles. The van der Waals surface area contributed by atoms with Gasteiger partial charge in [0.2, 0.25) is 0 Å². The van der Waals surface area contributed by atoms with Crippen molar-refractivity contribution in [3.63, 3.8) is 0 Å². The first kappa shape index (κ1) is 22.8. The molecule has 7 heteroatoms. The van der Waals surface area contributed by atoms with Crippen LogP contribution < -0.4 is 15.0 Å². The van der Waals surface area contributed by atoms with Gasteiger partial charge in [-0.2, -0.15) is 0 Å². The predicted molar refractivity (Wildman–Crippen MR) is 137 cm³/mol. The van der Waals surface area contributed by atoms with Crippen molar-refractivity contribution in [2.45, 2.75) is 13.3 Å². The fraction of sp³-hybridized carbons (Fsp3) is 0.143. The van der Waals surface area contributed by atoms with Crippen molar-refractivity contribution >= 4 is 34.5 Å². The molecule has 5 nitrogen and oxygen atoms in total. The summed E-state index contributed by atoms with van der Waals surface area (Å²) in [6, 6.07) is 19.5. The van der Waals surface area contributed by atoms with Crippen molar-refractivity contribution in [1.82, 2.24) is 0 Å². The van der Waals surface area contributed by atoms with Crippen LogP contribution in [0.4, 0.5) is 15.8 Å². The first-order valence-corrected chi connectivity index (χ1v) is 12.1. The number of carbonyl (C=O) groups is 2. The Morgan fingerprint density at radius 1 is 1.03 bits per heavy atom. The van der Waals surface area contributed by atoms with Crippen LogP contribution in [0.3, 0.4) is 0 Å². The molecule has 3 aromatic carbocycles. The minimum Gasteiger partial charge on any atom is -0.496 e. The van der Waals surface area contributed by atoms with Crippen molar-refractivity contribution in [1.29, 1.82) is 0 Å². The number of fused-ring (bicyclic) bond motifs is 3. The maximum atomic E-state index is 13.9. The summed E-state index contributed by atoms with van der Waals surface area (Å²) in [5.41, 5.74) is 4.62. The second-order valence-electron chi connectivity index (χ2n) is 8.28. The van der Waals surface area contributed by atoms with Gasteiger partial charge in [0.25, 0.3) is 11.8 Å². The molecule has 1 aliphatic heterocycles. The third-order valence-corrected chi connectivity index (χ3v) is 7.19. The van der Waals surface area contributed by atoms with E-state index >= 15 is 0 Å². The van der Waals surface area contributed by atoms with Gasteiger partial charge in [-0.15, -0.1) is 11.3 Å². The highest BCUT2D eigenvalue weighted by atomic mass is 32.1. The van der Waals surface area contributed by atoms with Gasteiger partial charge in [0.05, 0.1) is 23.2 Å². The summed E-state index contributed by atoms with van der Waals surface area (Å²) in [5, 5.41) is 4.77. The van der Waals surface area contributed by atoms with E-state index in [4.69, 9.17) is 4.74 Å². The summed E-state index contributed by atoms with van der Waals surface area (Å²) in [6.07, 6.45) is 0.743. The summed E-state index contributed by atoms with van der Waals surface area (Å²) in [4.78, 5) is 29.3. The smallest absolute Gasteiger partial charge is 0.262 e. The van der Waals surface area contributed by atoms with Gasteiger partial charge in [-0.25, -0.2) is 4.39 Å². The Bertz CT molecular complexity index is 1450. The molecule has 0 bridgehead atoms. The zero-order chi connectivity index (χ0) is 24.5. The average molecular weight is 487 g/mol. The van der Waals surface area contributed by atoms with Gasteiger partial charge in [0.15, 0.2) is 0 Å². The zero-order valence-electron chi connectivity index (χ0n) is 19.3. The molecule has 1 N–H and O–H groups in total. The van der Waals surface area contributed by atoms with Gasteiger partial charge < -0.3 is 15.0 Å². The van der Waals surface area contributed by atoms with Gasteiger partial charge in [-0.1, -0.05) is 30.3 Å². The van der Waals surface area contributed by atoms with Crippen LogP contribution in [0, 0.1) is 12.7 Å². The third kappa shape index (κ3) is 4.19. The maximum Gasteiger partial charge on any atom is 0.262 e. The number of amides is 2. The standard InChI is InChI=1S/C28H23FN2O3S/c1-17-20(8-5-9-23(17)29)27(32)30-19-10-11-22(25(16-19)34-2)28(33)31-14-12-18-6-3-4-7-21(18)26-24(31)13-15-35-26/h3-11,13,15-16H,12,14H2,1-2H3,(H,30,32). The van der Waals surface area contributed by atoms with E-state index in [1.807, 2.05) is 23.6 Å². The topological polar surface area (TPSA) is 58.6 Å². The fourth-order valence-electron chi connectivity index (χ4n) is 4.38. The summed E-state index contributed by atoms with van der Waals surface area (Å²) in [5.74, 6) is -0.699. The summed E-state index contributed by atoms with van der Waals surface area (Å²) >= 11 is 1.62. The molecule has 0 radical (unpaired) electrons. The van der Waals surface area contributed by atoms with Gasteiger partial charge in [-0.3, -0.25) is 9.59 Å².